The van der Waals surface area contributed by atoms with E-state index >= 15 is 0 Å². The minimum Gasteiger partial charge on any atom is -0.872 e. The molecule has 13 heteroatoms. The zero-order valence-corrected chi connectivity index (χ0v) is 43.0. The summed E-state index contributed by atoms with van der Waals surface area (Å²) in [6.45, 7) is 4.50. The fourth-order valence-corrected chi connectivity index (χ4v) is 8.58. The summed E-state index contributed by atoms with van der Waals surface area (Å²) >= 11 is 0. The van der Waals surface area contributed by atoms with Gasteiger partial charge < -0.3 is 24.2 Å². The van der Waals surface area contributed by atoms with Gasteiger partial charge in [-0.05, 0) is 110 Å². The van der Waals surface area contributed by atoms with Crippen LogP contribution in [0.1, 0.15) is 179 Å². The van der Waals surface area contributed by atoms with E-state index in [0.29, 0.717) is 23.0 Å². The molecule has 0 radical (unpaired) electrons. The summed E-state index contributed by atoms with van der Waals surface area (Å²) in [7, 11) is -8.71. The van der Waals surface area contributed by atoms with Crippen molar-refractivity contribution in [1.29, 1.82) is 0 Å². The molecule has 65 heavy (non-hydrogen) atoms. The number of hydrogen-bond donors (Lipinski definition) is 2. The molecular weight excluding hydrogens is 889 g/mol. The molecule has 0 atom stereocenters. The Kier molecular flexibility index (Phi) is 30.1. The van der Waals surface area contributed by atoms with Crippen LogP contribution in [0.2, 0.25) is 0 Å². The zero-order chi connectivity index (χ0) is 46.5. The first-order valence-corrected chi connectivity index (χ1v) is 26.8. The van der Waals surface area contributed by atoms with Crippen molar-refractivity contribution in [3.63, 3.8) is 0 Å². The van der Waals surface area contributed by atoms with Gasteiger partial charge in [-0.2, -0.15) is 8.42 Å². The monoisotopic (exact) mass is 962 g/mol. The molecule has 0 aliphatic rings. The maximum absolute atomic E-state index is 11.8. The molecule has 0 aliphatic heterocycles. The predicted molar refractivity (Wildman–Crippen MR) is 260 cm³/mol. The van der Waals surface area contributed by atoms with E-state index in [0.717, 1.165) is 49.7 Å². The summed E-state index contributed by atoms with van der Waals surface area (Å²) in [5, 5.41) is 21.7. The Bertz CT molecular complexity index is 1940. The van der Waals surface area contributed by atoms with E-state index in [1.54, 1.807) is 30.3 Å². The second-order valence-corrected chi connectivity index (χ2v) is 19.7. The quantitative estimate of drug-likeness (QED) is 0.0272. The van der Waals surface area contributed by atoms with E-state index in [1.165, 1.54) is 183 Å². The number of benzene rings is 4. The summed E-state index contributed by atoms with van der Waals surface area (Å²) in [4.78, 5) is -0.469. The third-order valence-electron chi connectivity index (χ3n) is 11.4. The van der Waals surface area contributed by atoms with Crippen LogP contribution < -0.4 is 14.6 Å². The van der Waals surface area contributed by atoms with E-state index in [2.05, 4.69) is 13.8 Å². The number of unbranched alkanes of at least 4 members (excludes halogenated alkanes) is 22. The number of rotatable bonds is 32. The second-order valence-electron chi connectivity index (χ2n) is 16.9. The topological polar surface area (TPSA) is 173 Å². The standard InChI is InChI=1S/2C26H38O5S.Ca/c2*1-2-3-4-5-6-7-8-9-10-11-12-13-14-22-21-23(27)15-20-26(22)31-24-16-18-25(19-17-24)32(28,29)30;/h2*15-21,27H,2-14H2,1H3,(H,28,29,30);/q;;+2/p-2. The van der Waals surface area contributed by atoms with Crippen LogP contribution in [0.4, 0.5) is 0 Å². The minimum absolute atomic E-state index is 0. The van der Waals surface area contributed by atoms with Crippen LogP contribution in [0.25, 0.3) is 0 Å². The first-order valence-electron chi connectivity index (χ1n) is 23.9. The summed E-state index contributed by atoms with van der Waals surface area (Å²) < 4.78 is 76.4. The van der Waals surface area contributed by atoms with Gasteiger partial charge in [-0.15, -0.1) is 5.75 Å². The van der Waals surface area contributed by atoms with E-state index < -0.39 is 20.2 Å². The SMILES string of the molecule is CCCCCCCCCCCCCCc1cc(O)ccc1Oc1ccc(S(=O)(=O)O)cc1.CCCCCCCCCCCCCCc1cc([O-])ccc1Oc1ccc(S(=O)(=O)[O-])cc1.[Ca+2]. The number of hydrogen-bond acceptors (Lipinski definition) is 9. The van der Waals surface area contributed by atoms with Gasteiger partial charge in [0, 0.05) is 0 Å². The van der Waals surface area contributed by atoms with Crippen LogP contribution in [-0.2, 0) is 33.1 Å². The average molecular weight is 963 g/mol. The number of aromatic hydroxyl groups is 1. The van der Waals surface area contributed by atoms with Crippen molar-refractivity contribution in [3.05, 3.63) is 96.1 Å². The molecule has 0 spiro atoms. The van der Waals surface area contributed by atoms with Crippen LogP contribution >= 0.6 is 0 Å². The van der Waals surface area contributed by atoms with Crippen LogP contribution in [0.3, 0.4) is 0 Å². The Balaban J connectivity index is 0.000000440. The van der Waals surface area contributed by atoms with Crippen LogP contribution in [-0.4, -0.2) is 68.8 Å². The van der Waals surface area contributed by atoms with Gasteiger partial charge in [-0.3, -0.25) is 4.55 Å². The smallest absolute Gasteiger partial charge is 0.872 e. The molecule has 0 bridgehead atoms. The molecule has 0 aliphatic carbocycles. The molecule has 0 saturated carbocycles. The van der Waals surface area contributed by atoms with Crippen molar-refractivity contribution in [2.75, 3.05) is 0 Å². The summed E-state index contributed by atoms with van der Waals surface area (Å²) in [5.41, 5.74) is 1.78. The largest absolute Gasteiger partial charge is 2.00 e. The van der Waals surface area contributed by atoms with Crippen LogP contribution in [0.15, 0.2) is 94.7 Å². The molecule has 4 rings (SSSR count). The Labute approximate surface area is 421 Å². The number of phenolic OH excluding ortho intramolecular Hbond substituents is 1. The van der Waals surface area contributed by atoms with Gasteiger partial charge in [0.1, 0.15) is 38.9 Å². The number of aryl methyl sites for hydroxylation is 2. The van der Waals surface area contributed by atoms with Crippen molar-refractivity contribution in [3.8, 4) is 34.5 Å². The van der Waals surface area contributed by atoms with Gasteiger partial charge >= 0.3 is 37.7 Å². The maximum Gasteiger partial charge on any atom is 2.00 e. The average Bonchev–Trinajstić information content (AvgIpc) is 3.26. The van der Waals surface area contributed by atoms with Gasteiger partial charge in [-0.1, -0.05) is 167 Å². The van der Waals surface area contributed by atoms with Crippen molar-refractivity contribution < 1.29 is 45.6 Å². The number of ether oxygens (including phenoxy) is 2. The maximum atomic E-state index is 11.8. The molecule has 0 fully saturated rings. The fourth-order valence-electron chi connectivity index (χ4n) is 7.63. The van der Waals surface area contributed by atoms with Crippen molar-refractivity contribution >= 4 is 58.0 Å². The zero-order valence-electron chi connectivity index (χ0n) is 39.2. The Morgan fingerprint density at radius 2 is 0.800 bits per heavy atom. The normalized spacial score (nSPS) is 11.4. The first kappa shape index (κ1) is 58.3. The van der Waals surface area contributed by atoms with E-state index in [9.17, 15) is 31.6 Å². The second kappa shape index (κ2) is 33.6. The van der Waals surface area contributed by atoms with Crippen molar-refractivity contribution in [2.45, 2.75) is 191 Å². The van der Waals surface area contributed by atoms with Gasteiger partial charge in [0.25, 0.3) is 10.1 Å². The third-order valence-corrected chi connectivity index (χ3v) is 13.1. The molecule has 356 valence electrons. The minimum atomic E-state index is -4.48. The summed E-state index contributed by atoms with van der Waals surface area (Å²) in [6.07, 6.45) is 32.4. The molecule has 4 aromatic rings. The van der Waals surface area contributed by atoms with Gasteiger partial charge in [0.2, 0.25) is 0 Å². The fraction of sp³-hybridized carbons (Fsp3) is 0.538. The van der Waals surface area contributed by atoms with Crippen molar-refractivity contribution in [1.82, 2.24) is 0 Å². The molecule has 2 N–H and O–H groups in total. The molecule has 0 saturated heterocycles. The molecule has 0 unspecified atom stereocenters. The number of phenols is 1. The summed E-state index contributed by atoms with van der Waals surface area (Å²) in [6, 6.07) is 20.7. The summed E-state index contributed by atoms with van der Waals surface area (Å²) in [5.74, 6) is 2.27. The molecule has 10 nitrogen and oxygen atoms in total. The van der Waals surface area contributed by atoms with E-state index in [1.807, 2.05) is 0 Å². The molecular formula is C52H74CaO10S2. The van der Waals surface area contributed by atoms with Gasteiger partial charge in [-0.25, -0.2) is 8.42 Å². The van der Waals surface area contributed by atoms with E-state index in [-0.39, 0.29) is 59.0 Å². The van der Waals surface area contributed by atoms with Crippen molar-refractivity contribution in [2.24, 2.45) is 0 Å². The molecule has 0 amide bonds. The Morgan fingerprint density at radius 3 is 1.17 bits per heavy atom. The first-order chi connectivity index (χ1) is 30.8. The molecule has 0 aromatic heterocycles. The Morgan fingerprint density at radius 1 is 0.462 bits per heavy atom. The molecule has 0 heterocycles. The molecule has 4 aromatic carbocycles. The Hall–Kier alpha value is -2.84. The van der Waals surface area contributed by atoms with Crippen LogP contribution in [0.5, 0.6) is 34.5 Å². The predicted octanol–water partition coefficient (Wildman–Crippen LogP) is 14.0. The van der Waals surface area contributed by atoms with E-state index in [4.69, 9.17) is 14.0 Å². The van der Waals surface area contributed by atoms with Gasteiger partial charge in [0.15, 0.2) is 0 Å². The van der Waals surface area contributed by atoms with Crippen LogP contribution in [0, 0.1) is 0 Å². The third kappa shape index (κ3) is 25.8. The van der Waals surface area contributed by atoms with Gasteiger partial charge in [0.05, 0.1) is 9.79 Å².